The van der Waals surface area contributed by atoms with Crippen molar-refractivity contribution in [3.8, 4) is 16.9 Å². The van der Waals surface area contributed by atoms with Crippen molar-refractivity contribution in [3.05, 3.63) is 65.9 Å². The molecule has 124 valence electrons. The summed E-state index contributed by atoms with van der Waals surface area (Å²) in [6.07, 6.45) is 0. The van der Waals surface area contributed by atoms with Gasteiger partial charge in [-0.05, 0) is 55.5 Å². The van der Waals surface area contributed by atoms with E-state index in [1.807, 2.05) is 0 Å². The van der Waals surface area contributed by atoms with Gasteiger partial charge in [0.25, 0.3) is 0 Å². The molecule has 2 aromatic carbocycles. The van der Waals surface area contributed by atoms with Crippen LogP contribution in [0.25, 0.3) is 16.9 Å². The number of rotatable bonds is 4. The van der Waals surface area contributed by atoms with E-state index in [0.717, 1.165) is 12.1 Å². The first-order chi connectivity index (χ1) is 11.4. The lowest BCUT2D eigenvalue weighted by Gasteiger charge is -2.11. The van der Waals surface area contributed by atoms with Crippen LogP contribution in [0.5, 0.6) is 0 Å². The first-order valence-electron chi connectivity index (χ1n) is 6.92. The Morgan fingerprint density at radius 2 is 1.79 bits per heavy atom. The Balaban J connectivity index is 2.02. The van der Waals surface area contributed by atoms with Gasteiger partial charge in [-0.3, -0.25) is 4.21 Å². The summed E-state index contributed by atoms with van der Waals surface area (Å²) in [7, 11) is 0. The molecule has 0 aliphatic heterocycles. The molecule has 0 fully saturated rings. The third kappa shape index (κ3) is 3.34. The van der Waals surface area contributed by atoms with Crippen LogP contribution in [-0.4, -0.2) is 18.5 Å². The van der Waals surface area contributed by atoms with Crippen LogP contribution in [0.2, 0.25) is 0 Å². The summed E-state index contributed by atoms with van der Waals surface area (Å²) in [5.74, 6) is -1.85. The molecule has 3 aromatic rings. The summed E-state index contributed by atoms with van der Waals surface area (Å²) in [5, 5.41) is 4.36. The molecule has 0 aliphatic carbocycles. The van der Waals surface area contributed by atoms with E-state index < -0.39 is 22.9 Å². The van der Waals surface area contributed by atoms with Gasteiger partial charge in [0.2, 0.25) is 0 Å². The second kappa shape index (κ2) is 6.50. The zero-order valence-electron chi connectivity index (χ0n) is 12.5. The molecular weight excluding hydrogens is 336 g/mol. The van der Waals surface area contributed by atoms with E-state index in [9.17, 15) is 17.5 Å². The Hall–Kier alpha value is -2.58. The van der Waals surface area contributed by atoms with Gasteiger partial charge in [0.15, 0.2) is 11.6 Å². The van der Waals surface area contributed by atoms with Crippen LogP contribution in [0, 0.1) is 18.6 Å². The van der Waals surface area contributed by atoms with Crippen LogP contribution in [0.15, 0.2) is 48.5 Å². The highest BCUT2D eigenvalue weighted by Gasteiger charge is 2.12. The number of nitrogens with zero attached hydrogens (tertiary/aromatic N) is 2. The molecule has 1 atom stereocenters. The lowest BCUT2D eigenvalue weighted by atomic mass is 10.1. The van der Waals surface area contributed by atoms with Gasteiger partial charge in [-0.15, -0.1) is 0 Å². The molecule has 0 spiro atoms. The van der Waals surface area contributed by atoms with Crippen molar-refractivity contribution in [2.45, 2.75) is 6.92 Å². The quantitative estimate of drug-likeness (QED) is 0.735. The Morgan fingerprint density at radius 1 is 1.08 bits per heavy atom. The van der Waals surface area contributed by atoms with E-state index >= 15 is 0 Å². The zero-order valence-corrected chi connectivity index (χ0v) is 13.3. The first-order valence-corrected chi connectivity index (χ1v) is 8.00. The minimum absolute atomic E-state index is 0.408. The normalized spacial score (nSPS) is 12.2. The fourth-order valence-electron chi connectivity index (χ4n) is 2.32. The van der Waals surface area contributed by atoms with Gasteiger partial charge >= 0.3 is 0 Å². The standard InChI is InChI=1S/C16H13F2N3O2S/c1-10-8-16(11-2-7-14(17)15(18)9-11)21(19-10)13-5-3-12(4-6-13)20-24(22)23/h2-9,20H,1H3,(H,22,23)/p-1. The summed E-state index contributed by atoms with van der Waals surface area (Å²) < 4.78 is 51.7. The topological polar surface area (TPSA) is 70.0 Å². The Bertz CT molecular complexity index is 910. The Morgan fingerprint density at radius 3 is 2.42 bits per heavy atom. The average Bonchev–Trinajstić information content (AvgIpc) is 2.92. The molecule has 3 rings (SSSR count). The zero-order chi connectivity index (χ0) is 17.3. The fourth-order valence-corrected chi connectivity index (χ4v) is 2.65. The van der Waals surface area contributed by atoms with E-state index in [0.29, 0.717) is 28.3 Å². The van der Waals surface area contributed by atoms with Gasteiger partial charge in [0, 0.05) is 22.5 Å². The largest absolute Gasteiger partial charge is 0.755 e. The molecule has 8 heteroatoms. The number of halogens is 2. The first kappa shape index (κ1) is 16.3. The van der Waals surface area contributed by atoms with Crippen molar-refractivity contribution in [2.24, 2.45) is 0 Å². The molecule has 0 saturated heterocycles. The number of aryl methyl sites for hydroxylation is 1. The van der Waals surface area contributed by atoms with Gasteiger partial charge in [0.1, 0.15) is 0 Å². The van der Waals surface area contributed by atoms with Crippen molar-refractivity contribution in [2.75, 3.05) is 4.72 Å². The predicted molar refractivity (Wildman–Crippen MR) is 86.2 cm³/mol. The third-order valence-corrected chi connectivity index (χ3v) is 3.76. The highest BCUT2D eigenvalue weighted by Crippen LogP contribution is 2.26. The molecule has 0 saturated carbocycles. The monoisotopic (exact) mass is 348 g/mol. The smallest absolute Gasteiger partial charge is 0.159 e. The maximum atomic E-state index is 13.5. The number of anilines is 1. The van der Waals surface area contributed by atoms with Gasteiger partial charge in [0.05, 0.1) is 17.1 Å². The molecule has 0 radical (unpaired) electrons. The summed E-state index contributed by atoms with van der Waals surface area (Å²) in [4.78, 5) is 0. The highest BCUT2D eigenvalue weighted by atomic mass is 32.2. The summed E-state index contributed by atoms with van der Waals surface area (Å²) >= 11 is -2.40. The summed E-state index contributed by atoms with van der Waals surface area (Å²) in [6.45, 7) is 1.79. The maximum absolute atomic E-state index is 13.5. The van der Waals surface area contributed by atoms with Gasteiger partial charge in [-0.25, -0.2) is 13.5 Å². The summed E-state index contributed by atoms with van der Waals surface area (Å²) in [5.41, 5.74) is 2.85. The van der Waals surface area contributed by atoms with Crippen LogP contribution in [0.4, 0.5) is 14.5 Å². The van der Waals surface area contributed by atoms with Crippen LogP contribution < -0.4 is 4.72 Å². The van der Waals surface area contributed by atoms with Crippen LogP contribution in [0.1, 0.15) is 5.69 Å². The maximum Gasteiger partial charge on any atom is 0.159 e. The van der Waals surface area contributed by atoms with E-state index in [1.54, 1.807) is 41.9 Å². The van der Waals surface area contributed by atoms with Crippen molar-refractivity contribution < 1.29 is 17.5 Å². The molecule has 1 heterocycles. The molecule has 1 unspecified atom stereocenters. The second-order valence-corrected chi connectivity index (χ2v) is 5.77. The number of nitrogens with one attached hydrogen (secondary N) is 1. The van der Waals surface area contributed by atoms with Gasteiger partial charge < -0.3 is 9.27 Å². The van der Waals surface area contributed by atoms with Crippen molar-refractivity contribution in [1.82, 2.24) is 9.78 Å². The summed E-state index contributed by atoms with van der Waals surface area (Å²) in [6, 6.07) is 11.9. The van der Waals surface area contributed by atoms with Crippen LogP contribution in [0.3, 0.4) is 0 Å². The van der Waals surface area contributed by atoms with Crippen LogP contribution in [-0.2, 0) is 11.3 Å². The van der Waals surface area contributed by atoms with E-state index in [-0.39, 0.29) is 0 Å². The SMILES string of the molecule is Cc1cc(-c2ccc(F)c(F)c2)n(-c2ccc(NS(=O)[O-])cc2)n1. The van der Waals surface area contributed by atoms with Gasteiger partial charge in [-0.1, -0.05) is 0 Å². The number of hydrogen-bond acceptors (Lipinski definition) is 3. The Kier molecular flexibility index (Phi) is 4.41. The number of aromatic nitrogens is 2. The molecule has 1 N–H and O–H groups in total. The van der Waals surface area contributed by atoms with Crippen molar-refractivity contribution in [3.63, 3.8) is 0 Å². The van der Waals surface area contributed by atoms with E-state index in [1.165, 1.54) is 6.07 Å². The third-order valence-electron chi connectivity index (χ3n) is 3.36. The lowest BCUT2D eigenvalue weighted by Crippen LogP contribution is -2.03. The molecule has 0 amide bonds. The van der Waals surface area contributed by atoms with E-state index in [2.05, 4.69) is 9.82 Å². The molecule has 0 bridgehead atoms. The number of benzene rings is 2. The Labute approximate surface area is 139 Å². The molecule has 5 nitrogen and oxygen atoms in total. The molecule has 0 aliphatic rings. The molecule has 24 heavy (non-hydrogen) atoms. The highest BCUT2D eigenvalue weighted by molar-refractivity contribution is 7.80. The molecular formula is C16H12F2N3O2S-. The number of hydrogen-bond donors (Lipinski definition) is 1. The minimum atomic E-state index is -2.40. The van der Waals surface area contributed by atoms with Crippen molar-refractivity contribution >= 4 is 17.0 Å². The average molecular weight is 348 g/mol. The van der Waals surface area contributed by atoms with Crippen LogP contribution >= 0.6 is 0 Å². The van der Waals surface area contributed by atoms with Crippen molar-refractivity contribution in [1.29, 1.82) is 0 Å². The second-order valence-electron chi connectivity index (χ2n) is 5.10. The predicted octanol–water partition coefficient (Wildman–Crippen LogP) is 3.33. The minimum Gasteiger partial charge on any atom is -0.755 e. The molecule has 1 aromatic heterocycles. The fraction of sp³-hybridized carbons (Fsp3) is 0.0625. The van der Waals surface area contributed by atoms with E-state index in [4.69, 9.17) is 0 Å². The lowest BCUT2D eigenvalue weighted by molar-refractivity contribution is 0.509. The van der Waals surface area contributed by atoms with Gasteiger partial charge in [-0.2, -0.15) is 5.10 Å².